The second-order valence-electron chi connectivity index (χ2n) is 6.57. The van der Waals surface area contributed by atoms with E-state index in [0.717, 1.165) is 38.2 Å². The first kappa shape index (κ1) is 19.7. The number of rotatable bonds is 8. The van der Waals surface area contributed by atoms with Gasteiger partial charge in [0.15, 0.2) is 0 Å². The Kier molecular flexibility index (Phi) is 7.15. The lowest BCUT2D eigenvalue weighted by Crippen LogP contribution is -2.37. The van der Waals surface area contributed by atoms with Gasteiger partial charge in [-0.1, -0.05) is 11.6 Å². The van der Waals surface area contributed by atoms with Crippen molar-refractivity contribution in [2.45, 2.75) is 25.5 Å². The second kappa shape index (κ2) is 9.78. The van der Waals surface area contributed by atoms with Crippen molar-refractivity contribution in [2.75, 3.05) is 33.4 Å². The van der Waals surface area contributed by atoms with Crippen LogP contribution in [0.2, 0.25) is 5.02 Å². The van der Waals surface area contributed by atoms with Crippen LogP contribution in [0.25, 0.3) is 0 Å². The van der Waals surface area contributed by atoms with Crippen molar-refractivity contribution in [2.24, 2.45) is 0 Å². The minimum atomic E-state index is -0.174. The Morgan fingerprint density at radius 1 is 1.33 bits per heavy atom. The number of ether oxygens (including phenoxy) is 2. The smallest absolute Gasteiger partial charge is 0.251 e. The summed E-state index contributed by atoms with van der Waals surface area (Å²) in [5, 5.41) is 3.23. The quantitative estimate of drug-likeness (QED) is 0.698. The molecule has 0 unspecified atom stereocenters. The van der Waals surface area contributed by atoms with Gasteiger partial charge in [0.25, 0.3) is 5.91 Å². The van der Waals surface area contributed by atoms with Gasteiger partial charge >= 0.3 is 0 Å². The van der Waals surface area contributed by atoms with Gasteiger partial charge < -0.3 is 19.2 Å². The molecule has 3 rings (SSSR count). The molecular formula is C20H25ClN2O4. The molecule has 2 aromatic rings. The first-order valence-corrected chi connectivity index (χ1v) is 9.51. The van der Waals surface area contributed by atoms with E-state index in [1.807, 2.05) is 12.1 Å². The Labute approximate surface area is 164 Å². The van der Waals surface area contributed by atoms with Crippen LogP contribution in [-0.4, -0.2) is 50.3 Å². The van der Waals surface area contributed by atoms with E-state index in [2.05, 4.69) is 10.2 Å². The predicted octanol–water partition coefficient (Wildman–Crippen LogP) is 3.35. The van der Waals surface area contributed by atoms with Crippen LogP contribution in [-0.2, 0) is 11.3 Å². The summed E-state index contributed by atoms with van der Waals surface area (Å²) in [4.78, 5) is 14.4. The molecule has 1 fully saturated rings. The molecule has 1 aromatic carbocycles. The largest absolute Gasteiger partial charge is 0.489 e. The summed E-state index contributed by atoms with van der Waals surface area (Å²) in [5.41, 5.74) is 0.511. The molecule has 6 nitrogen and oxygen atoms in total. The number of piperidine rings is 1. The molecule has 0 bridgehead atoms. The van der Waals surface area contributed by atoms with E-state index in [-0.39, 0.29) is 12.0 Å². The molecule has 1 saturated heterocycles. The van der Waals surface area contributed by atoms with Gasteiger partial charge in [-0.2, -0.15) is 0 Å². The van der Waals surface area contributed by atoms with E-state index < -0.39 is 0 Å². The van der Waals surface area contributed by atoms with E-state index in [1.165, 1.54) is 0 Å². The zero-order valence-corrected chi connectivity index (χ0v) is 16.2. The van der Waals surface area contributed by atoms with Crippen molar-refractivity contribution < 1.29 is 18.7 Å². The highest BCUT2D eigenvalue weighted by Gasteiger charge is 2.22. The van der Waals surface area contributed by atoms with Crippen LogP contribution in [0, 0.1) is 0 Å². The van der Waals surface area contributed by atoms with Gasteiger partial charge in [-0.25, -0.2) is 0 Å². The van der Waals surface area contributed by atoms with Crippen LogP contribution in [0.5, 0.6) is 5.75 Å². The van der Waals surface area contributed by atoms with Crippen LogP contribution >= 0.6 is 11.6 Å². The number of carbonyl (C=O) groups is 1. The molecule has 1 aliphatic rings. The van der Waals surface area contributed by atoms with Crippen molar-refractivity contribution in [3.05, 3.63) is 52.9 Å². The van der Waals surface area contributed by atoms with E-state index in [1.54, 1.807) is 31.6 Å². The summed E-state index contributed by atoms with van der Waals surface area (Å²) in [6.45, 7) is 3.65. The van der Waals surface area contributed by atoms with E-state index >= 15 is 0 Å². The van der Waals surface area contributed by atoms with Crippen molar-refractivity contribution in [3.63, 3.8) is 0 Å². The number of nitrogens with zero attached hydrogens (tertiary/aromatic N) is 1. The highest BCUT2D eigenvalue weighted by molar-refractivity contribution is 6.32. The van der Waals surface area contributed by atoms with Crippen LogP contribution in [0.1, 0.15) is 29.0 Å². The van der Waals surface area contributed by atoms with Crippen LogP contribution in [0.3, 0.4) is 0 Å². The number of halogens is 1. The van der Waals surface area contributed by atoms with Gasteiger partial charge in [0.2, 0.25) is 0 Å². The number of amides is 1. The summed E-state index contributed by atoms with van der Waals surface area (Å²) in [7, 11) is 1.59. The van der Waals surface area contributed by atoms with Crippen molar-refractivity contribution >= 4 is 17.5 Å². The molecule has 1 N–H and O–H groups in total. The van der Waals surface area contributed by atoms with Crippen LogP contribution in [0.15, 0.2) is 41.0 Å². The number of furan rings is 1. The summed E-state index contributed by atoms with van der Waals surface area (Å²) >= 11 is 6.33. The third kappa shape index (κ3) is 5.73. The lowest BCUT2D eigenvalue weighted by Gasteiger charge is -2.31. The maximum Gasteiger partial charge on any atom is 0.251 e. The lowest BCUT2D eigenvalue weighted by molar-refractivity contribution is 0.0925. The monoisotopic (exact) mass is 392 g/mol. The topological polar surface area (TPSA) is 63.9 Å². The zero-order valence-electron chi connectivity index (χ0n) is 15.4. The average Bonchev–Trinajstić information content (AvgIpc) is 3.18. The fraction of sp³-hybridized carbons (Fsp3) is 0.450. The van der Waals surface area contributed by atoms with Crippen molar-refractivity contribution in [3.8, 4) is 5.75 Å². The molecule has 1 aliphatic heterocycles. The van der Waals surface area contributed by atoms with E-state index in [0.29, 0.717) is 29.5 Å². The molecule has 0 atom stereocenters. The lowest BCUT2D eigenvalue weighted by atomic mass is 10.1. The summed E-state index contributed by atoms with van der Waals surface area (Å²) < 4.78 is 16.4. The van der Waals surface area contributed by atoms with Gasteiger partial charge in [-0.15, -0.1) is 0 Å². The SMILES string of the molecule is COCCNC(=O)c1ccc(OC2CCN(Cc3ccco3)CC2)c(Cl)c1. The van der Waals surface area contributed by atoms with E-state index in [9.17, 15) is 4.79 Å². The van der Waals surface area contributed by atoms with Gasteiger partial charge in [-0.3, -0.25) is 9.69 Å². The number of hydrogen-bond donors (Lipinski definition) is 1. The van der Waals surface area contributed by atoms with Gasteiger partial charge in [0.1, 0.15) is 17.6 Å². The van der Waals surface area contributed by atoms with Gasteiger partial charge in [0, 0.05) is 32.3 Å². The average molecular weight is 393 g/mol. The third-order valence-electron chi connectivity index (χ3n) is 4.57. The Morgan fingerprint density at radius 2 is 2.15 bits per heavy atom. The number of likely N-dealkylation sites (tertiary alicyclic amines) is 1. The highest BCUT2D eigenvalue weighted by atomic mass is 35.5. The molecule has 27 heavy (non-hydrogen) atoms. The molecule has 0 spiro atoms. The molecule has 1 aromatic heterocycles. The van der Waals surface area contributed by atoms with E-state index in [4.69, 9.17) is 25.5 Å². The molecular weight excluding hydrogens is 368 g/mol. The fourth-order valence-corrected chi connectivity index (χ4v) is 3.32. The fourth-order valence-electron chi connectivity index (χ4n) is 3.09. The summed E-state index contributed by atoms with van der Waals surface area (Å²) in [6, 6.07) is 9.05. The van der Waals surface area contributed by atoms with Gasteiger partial charge in [0.05, 0.1) is 24.4 Å². The summed E-state index contributed by atoms with van der Waals surface area (Å²) in [6.07, 6.45) is 3.68. The molecule has 1 amide bonds. The first-order valence-electron chi connectivity index (χ1n) is 9.14. The molecule has 0 radical (unpaired) electrons. The highest BCUT2D eigenvalue weighted by Crippen LogP contribution is 2.28. The molecule has 146 valence electrons. The zero-order chi connectivity index (χ0) is 19.1. The Bertz CT molecular complexity index is 728. The normalized spacial score (nSPS) is 15.6. The molecule has 0 aliphatic carbocycles. The number of benzene rings is 1. The standard InChI is InChI=1S/C20H25ClN2O4/c1-25-12-8-22-20(24)15-4-5-19(18(21)13-15)27-16-6-9-23(10-7-16)14-17-3-2-11-26-17/h2-5,11,13,16H,6-10,12,14H2,1H3,(H,22,24). The summed E-state index contributed by atoms with van der Waals surface area (Å²) in [5.74, 6) is 1.43. The predicted molar refractivity (Wildman–Crippen MR) is 103 cm³/mol. The maximum absolute atomic E-state index is 12.1. The maximum atomic E-state index is 12.1. The molecule has 2 heterocycles. The number of carbonyl (C=O) groups excluding carboxylic acids is 1. The number of hydrogen-bond acceptors (Lipinski definition) is 5. The molecule has 0 saturated carbocycles. The molecule has 7 heteroatoms. The minimum absolute atomic E-state index is 0.122. The number of methoxy groups -OCH3 is 1. The first-order chi connectivity index (χ1) is 13.2. The Morgan fingerprint density at radius 3 is 2.81 bits per heavy atom. The van der Waals surface area contributed by atoms with Crippen LogP contribution in [0.4, 0.5) is 0 Å². The van der Waals surface area contributed by atoms with Crippen molar-refractivity contribution in [1.29, 1.82) is 0 Å². The third-order valence-corrected chi connectivity index (χ3v) is 4.87. The Balaban J connectivity index is 1.49. The Hall–Kier alpha value is -2.02. The van der Waals surface area contributed by atoms with Gasteiger partial charge in [-0.05, 0) is 43.2 Å². The van der Waals surface area contributed by atoms with Crippen molar-refractivity contribution in [1.82, 2.24) is 10.2 Å². The second-order valence-corrected chi connectivity index (χ2v) is 6.97. The minimum Gasteiger partial charge on any atom is -0.489 e. The van der Waals surface area contributed by atoms with Crippen LogP contribution < -0.4 is 10.1 Å². The number of nitrogens with one attached hydrogen (secondary N) is 1.